The first-order chi connectivity index (χ1) is 6.43. The molecule has 3 N–H and O–H groups in total. The Bertz CT molecular complexity index is 320. The summed E-state index contributed by atoms with van der Waals surface area (Å²) in [7, 11) is 1.79. The van der Waals surface area contributed by atoms with E-state index in [9.17, 15) is 4.39 Å². The summed E-state index contributed by atoms with van der Waals surface area (Å²) >= 11 is 1.37. The molecule has 0 atom stereocenters. The average Bonchev–Trinajstić information content (AvgIpc) is 2.02. The Balaban J connectivity index is 3.07. The van der Waals surface area contributed by atoms with Gasteiger partial charge < -0.3 is 5.73 Å². The highest BCUT2D eigenvalue weighted by Gasteiger charge is 2.15. The molecule has 78 valence electrons. The van der Waals surface area contributed by atoms with E-state index in [1.165, 1.54) is 24.1 Å². The Morgan fingerprint density at radius 3 is 2.50 bits per heavy atom. The van der Waals surface area contributed by atoms with E-state index in [-0.39, 0.29) is 5.82 Å². The second-order valence-corrected chi connectivity index (χ2v) is 4.79. The van der Waals surface area contributed by atoms with Gasteiger partial charge in [0, 0.05) is 10.4 Å². The van der Waals surface area contributed by atoms with Gasteiger partial charge in [-0.2, -0.15) is 0 Å². The SMILES string of the molecule is CNSc1cc(F)cc(C(C)(C)N)c1. The molecule has 1 aromatic carbocycles. The zero-order valence-corrected chi connectivity index (χ0v) is 9.41. The van der Waals surface area contributed by atoms with Gasteiger partial charge in [0.1, 0.15) is 5.82 Å². The Labute approximate surface area is 88.2 Å². The van der Waals surface area contributed by atoms with Crippen molar-refractivity contribution in [2.24, 2.45) is 5.73 Å². The van der Waals surface area contributed by atoms with E-state index in [1.807, 2.05) is 19.9 Å². The zero-order valence-electron chi connectivity index (χ0n) is 8.60. The number of nitrogens with one attached hydrogen (secondary N) is 1. The fraction of sp³-hybridized carbons (Fsp3) is 0.400. The summed E-state index contributed by atoms with van der Waals surface area (Å²) in [6, 6.07) is 4.85. The van der Waals surface area contributed by atoms with E-state index in [0.29, 0.717) is 0 Å². The summed E-state index contributed by atoms with van der Waals surface area (Å²) in [6.07, 6.45) is 0. The van der Waals surface area contributed by atoms with Crippen molar-refractivity contribution < 1.29 is 4.39 Å². The molecule has 0 fully saturated rings. The summed E-state index contributed by atoms with van der Waals surface area (Å²) in [4.78, 5) is 0.834. The van der Waals surface area contributed by atoms with Crippen LogP contribution in [-0.2, 0) is 5.54 Å². The third-order valence-corrected chi connectivity index (χ3v) is 2.51. The second kappa shape index (κ2) is 4.29. The van der Waals surface area contributed by atoms with Gasteiger partial charge in [0.15, 0.2) is 0 Å². The summed E-state index contributed by atoms with van der Waals surface area (Å²) in [5, 5.41) is 0. The molecule has 4 heteroatoms. The van der Waals surface area contributed by atoms with Crippen molar-refractivity contribution >= 4 is 11.9 Å². The molecular weight excluding hydrogens is 199 g/mol. The lowest BCUT2D eigenvalue weighted by atomic mass is 9.96. The summed E-state index contributed by atoms with van der Waals surface area (Å²) in [5.74, 6) is -0.251. The number of hydrogen-bond acceptors (Lipinski definition) is 3. The highest BCUT2D eigenvalue weighted by Crippen LogP contribution is 2.24. The van der Waals surface area contributed by atoms with Gasteiger partial charge in [0.2, 0.25) is 0 Å². The largest absolute Gasteiger partial charge is 0.322 e. The minimum absolute atomic E-state index is 0.251. The number of rotatable bonds is 3. The van der Waals surface area contributed by atoms with Gasteiger partial charge in [0.25, 0.3) is 0 Å². The van der Waals surface area contributed by atoms with Gasteiger partial charge in [0.05, 0.1) is 0 Å². The van der Waals surface area contributed by atoms with Crippen LogP contribution in [0.15, 0.2) is 23.1 Å². The second-order valence-electron chi connectivity index (χ2n) is 3.70. The van der Waals surface area contributed by atoms with Crippen molar-refractivity contribution in [3.05, 3.63) is 29.6 Å². The number of benzene rings is 1. The molecule has 0 heterocycles. The average molecular weight is 214 g/mol. The molecule has 0 bridgehead atoms. The number of nitrogens with two attached hydrogens (primary N) is 1. The topological polar surface area (TPSA) is 38.0 Å². The van der Waals surface area contributed by atoms with Gasteiger partial charge in [-0.05, 0) is 56.6 Å². The van der Waals surface area contributed by atoms with E-state index in [2.05, 4.69) is 4.72 Å². The van der Waals surface area contributed by atoms with Crippen molar-refractivity contribution in [3.63, 3.8) is 0 Å². The van der Waals surface area contributed by atoms with Crippen LogP contribution < -0.4 is 10.5 Å². The van der Waals surface area contributed by atoms with Crippen LogP contribution >= 0.6 is 11.9 Å². The maximum atomic E-state index is 13.2. The van der Waals surface area contributed by atoms with Gasteiger partial charge in [-0.25, -0.2) is 4.39 Å². The van der Waals surface area contributed by atoms with Crippen LogP contribution in [0, 0.1) is 5.82 Å². The minimum Gasteiger partial charge on any atom is -0.322 e. The molecule has 0 aromatic heterocycles. The molecule has 1 aromatic rings. The normalized spacial score (nSPS) is 11.8. The third kappa shape index (κ3) is 2.97. The maximum Gasteiger partial charge on any atom is 0.124 e. The van der Waals surface area contributed by atoms with Crippen LogP contribution in [0.2, 0.25) is 0 Å². The van der Waals surface area contributed by atoms with Gasteiger partial charge in [-0.15, -0.1) is 0 Å². The smallest absolute Gasteiger partial charge is 0.124 e. The molecule has 0 saturated carbocycles. The minimum atomic E-state index is -0.509. The highest BCUT2D eigenvalue weighted by molar-refractivity contribution is 7.97. The quantitative estimate of drug-likeness (QED) is 0.758. The molecule has 0 saturated heterocycles. The van der Waals surface area contributed by atoms with E-state index in [0.717, 1.165) is 10.5 Å². The Kier molecular flexibility index (Phi) is 3.53. The lowest BCUT2D eigenvalue weighted by Crippen LogP contribution is -2.28. The standard InChI is InChI=1S/C10H15FN2S/c1-10(2,12)7-4-8(11)6-9(5-7)14-13-3/h4-6,13H,12H2,1-3H3. The lowest BCUT2D eigenvalue weighted by molar-refractivity contribution is 0.541. The number of hydrogen-bond donors (Lipinski definition) is 2. The van der Waals surface area contributed by atoms with Crippen LogP contribution in [0.5, 0.6) is 0 Å². The Morgan fingerprint density at radius 1 is 1.36 bits per heavy atom. The highest BCUT2D eigenvalue weighted by atomic mass is 32.2. The van der Waals surface area contributed by atoms with Crippen molar-refractivity contribution in [1.82, 2.24) is 4.72 Å². The molecule has 14 heavy (non-hydrogen) atoms. The zero-order chi connectivity index (χ0) is 10.8. The summed E-state index contributed by atoms with van der Waals surface area (Å²) in [5.41, 5.74) is 6.19. The molecule has 0 spiro atoms. The molecule has 0 unspecified atom stereocenters. The first-order valence-electron chi connectivity index (χ1n) is 4.37. The summed E-state index contributed by atoms with van der Waals surface area (Å²) < 4.78 is 16.1. The molecule has 0 aliphatic rings. The van der Waals surface area contributed by atoms with Crippen LogP contribution in [0.3, 0.4) is 0 Å². The van der Waals surface area contributed by atoms with E-state index in [4.69, 9.17) is 5.73 Å². The van der Waals surface area contributed by atoms with Gasteiger partial charge >= 0.3 is 0 Å². The Morgan fingerprint density at radius 2 is 2.00 bits per heavy atom. The predicted octanol–water partition coefficient (Wildman–Crippen LogP) is 2.25. The van der Waals surface area contributed by atoms with Crippen LogP contribution in [0.1, 0.15) is 19.4 Å². The first-order valence-corrected chi connectivity index (χ1v) is 5.18. The van der Waals surface area contributed by atoms with E-state index < -0.39 is 5.54 Å². The predicted molar refractivity (Wildman–Crippen MR) is 58.5 cm³/mol. The van der Waals surface area contributed by atoms with Crippen molar-refractivity contribution in [2.45, 2.75) is 24.3 Å². The molecule has 2 nitrogen and oxygen atoms in total. The molecule has 0 amide bonds. The monoisotopic (exact) mass is 214 g/mol. The summed E-state index contributed by atoms with van der Waals surface area (Å²) in [6.45, 7) is 3.71. The fourth-order valence-corrected chi connectivity index (χ4v) is 1.70. The molecular formula is C10H15FN2S. The van der Waals surface area contributed by atoms with Gasteiger partial charge in [-0.1, -0.05) is 0 Å². The lowest BCUT2D eigenvalue weighted by Gasteiger charge is -2.19. The molecule has 0 radical (unpaired) electrons. The molecule has 1 rings (SSSR count). The van der Waals surface area contributed by atoms with Crippen LogP contribution in [0.4, 0.5) is 4.39 Å². The first kappa shape index (κ1) is 11.5. The van der Waals surface area contributed by atoms with Gasteiger partial charge in [-0.3, -0.25) is 4.72 Å². The van der Waals surface area contributed by atoms with Crippen LogP contribution in [-0.4, -0.2) is 7.05 Å². The third-order valence-electron chi connectivity index (χ3n) is 1.84. The molecule has 0 aliphatic carbocycles. The molecule has 0 aliphatic heterocycles. The van der Waals surface area contributed by atoms with Crippen LogP contribution in [0.25, 0.3) is 0 Å². The van der Waals surface area contributed by atoms with E-state index in [1.54, 1.807) is 7.05 Å². The Hall–Kier alpha value is -0.580. The van der Waals surface area contributed by atoms with Crippen molar-refractivity contribution in [3.8, 4) is 0 Å². The number of halogens is 1. The van der Waals surface area contributed by atoms with Crippen molar-refractivity contribution in [2.75, 3.05) is 7.05 Å². The maximum absolute atomic E-state index is 13.2. The van der Waals surface area contributed by atoms with E-state index >= 15 is 0 Å². The van der Waals surface area contributed by atoms with Crippen molar-refractivity contribution in [1.29, 1.82) is 0 Å². The fourth-order valence-electron chi connectivity index (χ4n) is 1.11.